The van der Waals surface area contributed by atoms with E-state index in [0.717, 1.165) is 11.1 Å². The first-order valence-electron chi connectivity index (χ1n) is 5.58. The van der Waals surface area contributed by atoms with Gasteiger partial charge in [-0.2, -0.15) is 0 Å². The molecule has 2 rings (SSSR count). The van der Waals surface area contributed by atoms with E-state index in [4.69, 9.17) is 9.47 Å². The molecule has 2 aromatic carbocycles. The highest BCUT2D eigenvalue weighted by Crippen LogP contribution is 2.27. The van der Waals surface area contributed by atoms with Crippen LogP contribution in [0.5, 0.6) is 5.75 Å². The molecule has 0 unspecified atom stereocenters. The maximum absolute atomic E-state index is 11.8. The van der Waals surface area contributed by atoms with Crippen molar-refractivity contribution in [3.8, 4) is 16.9 Å². The van der Waals surface area contributed by atoms with E-state index in [9.17, 15) is 4.79 Å². The lowest BCUT2D eigenvalue weighted by Gasteiger charge is -2.10. The Morgan fingerprint density at radius 3 is 2.33 bits per heavy atom. The van der Waals surface area contributed by atoms with E-state index >= 15 is 0 Å². The highest BCUT2D eigenvalue weighted by molar-refractivity contribution is 5.97. The molecule has 0 bridgehead atoms. The van der Waals surface area contributed by atoms with E-state index in [1.807, 2.05) is 42.5 Å². The molecule has 0 heterocycles. The van der Waals surface area contributed by atoms with E-state index in [1.54, 1.807) is 13.2 Å². The van der Waals surface area contributed by atoms with Gasteiger partial charge in [-0.1, -0.05) is 30.3 Å². The molecule has 0 saturated carbocycles. The third-order valence-corrected chi connectivity index (χ3v) is 2.72. The highest BCUT2D eigenvalue weighted by atomic mass is 16.5. The molecular formula is C15H14O3. The molecule has 0 N–H and O–H groups in total. The minimum atomic E-state index is -0.368. The van der Waals surface area contributed by atoms with Crippen LogP contribution in [-0.2, 0) is 4.74 Å². The van der Waals surface area contributed by atoms with Gasteiger partial charge in [0.15, 0.2) is 0 Å². The molecule has 0 amide bonds. The van der Waals surface area contributed by atoms with Crippen molar-refractivity contribution in [1.29, 1.82) is 0 Å². The Morgan fingerprint density at radius 1 is 1.00 bits per heavy atom. The fourth-order valence-corrected chi connectivity index (χ4v) is 1.80. The van der Waals surface area contributed by atoms with Gasteiger partial charge in [0.1, 0.15) is 5.75 Å². The molecule has 0 aliphatic carbocycles. The number of carbonyl (C=O) groups excluding carboxylic acids is 1. The van der Waals surface area contributed by atoms with Crippen molar-refractivity contribution < 1.29 is 14.3 Å². The van der Waals surface area contributed by atoms with Crippen LogP contribution in [-0.4, -0.2) is 20.2 Å². The van der Waals surface area contributed by atoms with Crippen LogP contribution in [0.1, 0.15) is 10.4 Å². The van der Waals surface area contributed by atoms with Crippen LogP contribution in [0, 0.1) is 0 Å². The summed E-state index contributed by atoms with van der Waals surface area (Å²) >= 11 is 0. The zero-order chi connectivity index (χ0) is 13.0. The maximum Gasteiger partial charge on any atom is 0.338 e. The largest absolute Gasteiger partial charge is 0.497 e. The topological polar surface area (TPSA) is 35.5 Å². The quantitative estimate of drug-likeness (QED) is 0.775. The minimum absolute atomic E-state index is 0.368. The summed E-state index contributed by atoms with van der Waals surface area (Å²) < 4.78 is 9.94. The SMILES string of the molecule is COC(=O)c1cc(OC)ccc1-c1ccccc1. The summed E-state index contributed by atoms with van der Waals surface area (Å²) in [5.41, 5.74) is 2.31. The molecule has 0 radical (unpaired) electrons. The van der Waals surface area contributed by atoms with Crippen LogP contribution in [0.2, 0.25) is 0 Å². The van der Waals surface area contributed by atoms with Crippen molar-refractivity contribution >= 4 is 5.97 Å². The van der Waals surface area contributed by atoms with Crippen molar-refractivity contribution in [2.24, 2.45) is 0 Å². The van der Waals surface area contributed by atoms with Crippen molar-refractivity contribution in [2.75, 3.05) is 14.2 Å². The predicted octanol–water partition coefficient (Wildman–Crippen LogP) is 3.15. The highest BCUT2D eigenvalue weighted by Gasteiger charge is 2.14. The zero-order valence-electron chi connectivity index (χ0n) is 10.3. The molecule has 0 aromatic heterocycles. The number of hydrogen-bond donors (Lipinski definition) is 0. The second kappa shape index (κ2) is 5.36. The van der Waals surface area contributed by atoms with E-state index in [-0.39, 0.29) is 5.97 Å². The van der Waals surface area contributed by atoms with E-state index < -0.39 is 0 Å². The lowest BCUT2D eigenvalue weighted by atomic mass is 9.99. The Kier molecular flexibility index (Phi) is 3.63. The van der Waals surface area contributed by atoms with Gasteiger partial charge >= 0.3 is 5.97 Å². The summed E-state index contributed by atoms with van der Waals surface area (Å²) in [5, 5.41) is 0. The lowest BCUT2D eigenvalue weighted by Crippen LogP contribution is -2.04. The summed E-state index contributed by atoms with van der Waals surface area (Å²) in [6.45, 7) is 0. The Bertz CT molecular complexity index is 547. The Hall–Kier alpha value is -2.29. The number of hydrogen-bond acceptors (Lipinski definition) is 3. The van der Waals surface area contributed by atoms with Gasteiger partial charge in [-0.3, -0.25) is 0 Å². The Labute approximate surface area is 106 Å². The summed E-state index contributed by atoms with van der Waals surface area (Å²) in [4.78, 5) is 11.8. The number of ether oxygens (including phenoxy) is 2. The summed E-state index contributed by atoms with van der Waals surface area (Å²) in [6.07, 6.45) is 0. The second-order valence-corrected chi connectivity index (χ2v) is 3.77. The van der Waals surface area contributed by atoms with Gasteiger partial charge in [-0.05, 0) is 29.3 Å². The van der Waals surface area contributed by atoms with Crippen LogP contribution < -0.4 is 4.74 Å². The number of rotatable bonds is 3. The number of methoxy groups -OCH3 is 2. The van der Waals surface area contributed by atoms with Crippen LogP contribution in [0.15, 0.2) is 48.5 Å². The number of esters is 1. The Balaban J connectivity index is 2.56. The summed E-state index contributed by atoms with van der Waals surface area (Å²) in [5.74, 6) is 0.267. The summed E-state index contributed by atoms with van der Waals surface area (Å²) in [7, 11) is 2.94. The Morgan fingerprint density at radius 2 is 1.72 bits per heavy atom. The smallest absolute Gasteiger partial charge is 0.338 e. The van der Waals surface area contributed by atoms with Gasteiger partial charge in [0, 0.05) is 0 Å². The fraction of sp³-hybridized carbons (Fsp3) is 0.133. The monoisotopic (exact) mass is 242 g/mol. The molecule has 0 atom stereocenters. The van der Waals surface area contributed by atoms with Crippen LogP contribution in [0.3, 0.4) is 0 Å². The van der Waals surface area contributed by atoms with Crippen molar-refractivity contribution in [3.05, 3.63) is 54.1 Å². The third kappa shape index (κ3) is 2.35. The molecule has 18 heavy (non-hydrogen) atoms. The summed E-state index contributed by atoms with van der Waals surface area (Å²) in [6, 6.07) is 15.1. The zero-order valence-corrected chi connectivity index (χ0v) is 10.3. The minimum Gasteiger partial charge on any atom is -0.497 e. The molecule has 0 spiro atoms. The van der Waals surface area contributed by atoms with Crippen LogP contribution in [0.25, 0.3) is 11.1 Å². The molecule has 3 nitrogen and oxygen atoms in total. The average molecular weight is 242 g/mol. The van der Waals surface area contributed by atoms with E-state index in [2.05, 4.69) is 0 Å². The standard InChI is InChI=1S/C15H14O3/c1-17-12-8-9-13(11-6-4-3-5-7-11)14(10-12)15(16)18-2/h3-10H,1-2H3. The van der Waals surface area contributed by atoms with Crippen molar-refractivity contribution in [3.63, 3.8) is 0 Å². The molecule has 0 aliphatic rings. The first kappa shape index (κ1) is 12.2. The van der Waals surface area contributed by atoms with Gasteiger partial charge in [0.2, 0.25) is 0 Å². The van der Waals surface area contributed by atoms with Gasteiger partial charge in [-0.25, -0.2) is 4.79 Å². The van der Waals surface area contributed by atoms with Gasteiger partial charge in [-0.15, -0.1) is 0 Å². The average Bonchev–Trinajstić information content (AvgIpc) is 2.46. The molecule has 3 heteroatoms. The predicted molar refractivity (Wildman–Crippen MR) is 69.8 cm³/mol. The van der Waals surface area contributed by atoms with Gasteiger partial charge in [0.05, 0.1) is 19.8 Å². The normalized spacial score (nSPS) is 9.89. The van der Waals surface area contributed by atoms with E-state index in [1.165, 1.54) is 7.11 Å². The molecule has 2 aromatic rings. The molecule has 0 saturated heterocycles. The van der Waals surface area contributed by atoms with Crippen molar-refractivity contribution in [1.82, 2.24) is 0 Å². The lowest BCUT2D eigenvalue weighted by molar-refractivity contribution is 0.0601. The molecule has 0 fully saturated rings. The molecule has 0 aliphatic heterocycles. The third-order valence-electron chi connectivity index (χ3n) is 2.72. The van der Waals surface area contributed by atoms with E-state index in [0.29, 0.717) is 11.3 Å². The maximum atomic E-state index is 11.8. The first-order valence-corrected chi connectivity index (χ1v) is 5.58. The van der Waals surface area contributed by atoms with Crippen LogP contribution in [0.4, 0.5) is 0 Å². The molecule has 92 valence electrons. The van der Waals surface area contributed by atoms with Gasteiger partial charge < -0.3 is 9.47 Å². The van der Waals surface area contributed by atoms with Crippen LogP contribution >= 0.6 is 0 Å². The van der Waals surface area contributed by atoms with Crippen molar-refractivity contribution in [2.45, 2.75) is 0 Å². The van der Waals surface area contributed by atoms with Gasteiger partial charge in [0.25, 0.3) is 0 Å². The number of carbonyl (C=O) groups is 1. The molecular weight excluding hydrogens is 228 g/mol. The fourth-order valence-electron chi connectivity index (χ4n) is 1.80. The second-order valence-electron chi connectivity index (χ2n) is 3.77. The first-order chi connectivity index (χ1) is 8.76. The number of benzene rings is 2.